The first-order chi connectivity index (χ1) is 6.07. The van der Waals surface area contributed by atoms with E-state index in [9.17, 15) is 8.78 Å². The van der Waals surface area contributed by atoms with Crippen LogP contribution in [0.1, 0.15) is 23.2 Å². The number of halogens is 4. The van der Waals surface area contributed by atoms with Gasteiger partial charge in [-0.15, -0.1) is 0 Å². The van der Waals surface area contributed by atoms with Gasteiger partial charge in [-0.05, 0) is 35.1 Å². The molecule has 0 atom stereocenters. The fourth-order valence-corrected chi connectivity index (χ4v) is 2.45. The molecule has 0 bridgehead atoms. The second kappa shape index (κ2) is 4.63. The average molecular weight is 362 g/mol. The molecule has 0 aliphatic carbocycles. The van der Waals surface area contributed by atoms with Crippen LogP contribution in [0.15, 0.2) is 6.20 Å². The Morgan fingerprint density at radius 2 is 2.23 bits per heavy atom. The average Bonchev–Trinajstić information content (AvgIpc) is 2.07. The van der Waals surface area contributed by atoms with E-state index in [4.69, 9.17) is 0 Å². The summed E-state index contributed by atoms with van der Waals surface area (Å²) in [6, 6.07) is 0. The number of aromatic nitrogens is 1. The van der Waals surface area contributed by atoms with Crippen molar-refractivity contribution in [3.8, 4) is 0 Å². The van der Waals surface area contributed by atoms with Crippen molar-refractivity contribution in [2.75, 3.05) is 0 Å². The molecular weight excluding hydrogens is 355 g/mol. The van der Waals surface area contributed by atoms with Gasteiger partial charge in [0.15, 0.2) is 0 Å². The molecule has 13 heavy (non-hydrogen) atoms. The Bertz CT molecular complexity index is 317. The van der Waals surface area contributed by atoms with Crippen molar-refractivity contribution in [2.24, 2.45) is 0 Å². The molecular formula is C8H7BrF2IN. The van der Waals surface area contributed by atoms with Gasteiger partial charge in [0.05, 0.1) is 0 Å². The standard InChI is InChI=1S/C8H7BrF2IN/c1-4-5(2-9)7(8(10)11)6(12)3-13-4/h3,8H,2H2,1H3. The van der Waals surface area contributed by atoms with Crippen LogP contribution in [0.4, 0.5) is 8.78 Å². The Hall–Kier alpha value is 0.220. The van der Waals surface area contributed by atoms with Gasteiger partial charge in [0.25, 0.3) is 6.43 Å². The van der Waals surface area contributed by atoms with Crippen LogP contribution >= 0.6 is 38.5 Å². The first kappa shape index (κ1) is 11.3. The third kappa shape index (κ3) is 2.37. The maximum absolute atomic E-state index is 12.6. The fourth-order valence-electron chi connectivity index (χ4n) is 1.04. The summed E-state index contributed by atoms with van der Waals surface area (Å²) in [5.74, 6) is 0. The maximum Gasteiger partial charge on any atom is 0.265 e. The number of rotatable bonds is 2. The zero-order valence-corrected chi connectivity index (χ0v) is 10.6. The Labute approximate surface area is 97.2 Å². The van der Waals surface area contributed by atoms with E-state index < -0.39 is 6.43 Å². The topological polar surface area (TPSA) is 12.9 Å². The molecule has 0 saturated heterocycles. The molecule has 5 heteroatoms. The normalized spacial score (nSPS) is 10.9. The van der Waals surface area contributed by atoms with E-state index in [2.05, 4.69) is 20.9 Å². The molecule has 1 rings (SSSR count). The van der Waals surface area contributed by atoms with Crippen molar-refractivity contribution in [2.45, 2.75) is 18.7 Å². The molecule has 1 nitrogen and oxygen atoms in total. The van der Waals surface area contributed by atoms with Gasteiger partial charge in [0, 0.05) is 26.4 Å². The molecule has 1 aromatic heterocycles. The van der Waals surface area contributed by atoms with E-state index in [0.29, 0.717) is 20.2 Å². The monoisotopic (exact) mass is 361 g/mol. The lowest BCUT2D eigenvalue weighted by Gasteiger charge is -2.10. The van der Waals surface area contributed by atoms with E-state index in [0.717, 1.165) is 0 Å². The Kier molecular flexibility index (Phi) is 4.03. The molecule has 0 unspecified atom stereocenters. The van der Waals surface area contributed by atoms with Crippen LogP contribution in [0.25, 0.3) is 0 Å². The number of nitrogens with zero attached hydrogens (tertiary/aromatic N) is 1. The molecule has 0 fully saturated rings. The molecule has 0 aliphatic heterocycles. The predicted octanol–water partition coefficient (Wildman–Crippen LogP) is 3.83. The third-order valence-electron chi connectivity index (χ3n) is 1.74. The summed E-state index contributed by atoms with van der Waals surface area (Å²) in [6.45, 7) is 1.73. The van der Waals surface area contributed by atoms with Gasteiger partial charge in [-0.3, -0.25) is 4.98 Å². The molecule has 0 saturated carbocycles. The summed E-state index contributed by atoms with van der Waals surface area (Å²) in [7, 11) is 0. The van der Waals surface area contributed by atoms with Crippen molar-refractivity contribution in [3.05, 3.63) is 26.6 Å². The highest BCUT2D eigenvalue weighted by Gasteiger charge is 2.18. The minimum absolute atomic E-state index is 0.102. The summed E-state index contributed by atoms with van der Waals surface area (Å²) < 4.78 is 25.7. The fraction of sp³-hybridized carbons (Fsp3) is 0.375. The van der Waals surface area contributed by atoms with Gasteiger partial charge in [-0.1, -0.05) is 15.9 Å². The van der Waals surface area contributed by atoms with Crippen molar-refractivity contribution < 1.29 is 8.78 Å². The lowest BCUT2D eigenvalue weighted by atomic mass is 10.1. The third-order valence-corrected chi connectivity index (χ3v) is 3.16. The molecule has 0 spiro atoms. The van der Waals surface area contributed by atoms with Crippen LogP contribution < -0.4 is 0 Å². The second-order valence-corrected chi connectivity index (χ2v) is 4.24. The van der Waals surface area contributed by atoms with Crippen molar-refractivity contribution in [3.63, 3.8) is 0 Å². The number of pyridine rings is 1. The van der Waals surface area contributed by atoms with Gasteiger partial charge < -0.3 is 0 Å². The summed E-state index contributed by atoms with van der Waals surface area (Å²) in [4.78, 5) is 4.02. The summed E-state index contributed by atoms with van der Waals surface area (Å²) in [5.41, 5.74) is 1.36. The second-order valence-electron chi connectivity index (χ2n) is 2.52. The van der Waals surface area contributed by atoms with Crippen molar-refractivity contribution in [1.82, 2.24) is 4.98 Å². The van der Waals surface area contributed by atoms with Crippen LogP contribution in [-0.4, -0.2) is 4.98 Å². The lowest BCUT2D eigenvalue weighted by molar-refractivity contribution is 0.149. The Morgan fingerprint density at radius 3 is 2.62 bits per heavy atom. The molecule has 0 aliphatic rings. The van der Waals surface area contributed by atoms with Gasteiger partial charge in [-0.2, -0.15) is 0 Å². The maximum atomic E-state index is 12.6. The molecule has 0 aromatic carbocycles. The lowest BCUT2D eigenvalue weighted by Crippen LogP contribution is -2.01. The first-order valence-electron chi connectivity index (χ1n) is 3.56. The van der Waals surface area contributed by atoms with Crippen LogP contribution in [0.2, 0.25) is 0 Å². The van der Waals surface area contributed by atoms with Crippen LogP contribution in [0.5, 0.6) is 0 Å². The molecule has 0 radical (unpaired) electrons. The zero-order chi connectivity index (χ0) is 10.0. The minimum Gasteiger partial charge on any atom is -0.260 e. The minimum atomic E-state index is -2.43. The van der Waals surface area contributed by atoms with Crippen LogP contribution in [-0.2, 0) is 5.33 Å². The van der Waals surface area contributed by atoms with Gasteiger partial charge in [-0.25, -0.2) is 8.78 Å². The van der Waals surface area contributed by atoms with Crippen molar-refractivity contribution in [1.29, 1.82) is 0 Å². The van der Waals surface area contributed by atoms with Crippen molar-refractivity contribution >= 4 is 38.5 Å². The summed E-state index contributed by atoms with van der Waals surface area (Å²) in [5, 5.41) is 0.419. The Balaban J connectivity index is 3.35. The molecule has 0 N–H and O–H groups in total. The molecule has 72 valence electrons. The van der Waals surface area contributed by atoms with E-state index in [1.807, 2.05) is 22.6 Å². The largest absolute Gasteiger partial charge is 0.265 e. The number of hydrogen-bond acceptors (Lipinski definition) is 1. The number of hydrogen-bond donors (Lipinski definition) is 0. The highest BCUT2D eigenvalue weighted by Crippen LogP contribution is 2.30. The quantitative estimate of drug-likeness (QED) is 0.576. The highest BCUT2D eigenvalue weighted by molar-refractivity contribution is 14.1. The Morgan fingerprint density at radius 1 is 1.62 bits per heavy atom. The number of alkyl halides is 3. The molecule has 1 heterocycles. The summed E-state index contributed by atoms with van der Waals surface area (Å²) >= 11 is 5.06. The first-order valence-corrected chi connectivity index (χ1v) is 5.76. The SMILES string of the molecule is Cc1ncc(I)c(C(F)F)c1CBr. The smallest absolute Gasteiger partial charge is 0.260 e. The van der Waals surface area contributed by atoms with Gasteiger partial charge in [0.2, 0.25) is 0 Å². The van der Waals surface area contributed by atoms with E-state index in [1.54, 1.807) is 6.92 Å². The zero-order valence-electron chi connectivity index (χ0n) is 6.82. The van der Waals surface area contributed by atoms with Crippen LogP contribution in [0, 0.1) is 10.5 Å². The predicted molar refractivity (Wildman–Crippen MR) is 59.3 cm³/mol. The molecule has 1 aromatic rings. The van der Waals surface area contributed by atoms with Crippen LogP contribution in [0.3, 0.4) is 0 Å². The molecule has 0 amide bonds. The van der Waals surface area contributed by atoms with E-state index in [-0.39, 0.29) is 5.56 Å². The summed E-state index contributed by atoms with van der Waals surface area (Å²) in [6.07, 6.45) is -0.954. The number of aryl methyl sites for hydroxylation is 1. The van der Waals surface area contributed by atoms with E-state index >= 15 is 0 Å². The highest BCUT2D eigenvalue weighted by atomic mass is 127. The van der Waals surface area contributed by atoms with Gasteiger partial charge >= 0.3 is 0 Å². The van der Waals surface area contributed by atoms with E-state index in [1.165, 1.54) is 6.20 Å². The van der Waals surface area contributed by atoms with Gasteiger partial charge in [0.1, 0.15) is 0 Å².